The summed E-state index contributed by atoms with van der Waals surface area (Å²) >= 11 is -4.02. The molecule has 0 saturated heterocycles. The molecule has 0 fully saturated rings. The van der Waals surface area contributed by atoms with E-state index in [4.69, 9.17) is 0 Å². The van der Waals surface area contributed by atoms with Crippen molar-refractivity contribution in [1.29, 1.82) is 0 Å². The van der Waals surface area contributed by atoms with E-state index in [2.05, 4.69) is 125 Å². The Kier molecular flexibility index (Phi) is 7.20. The van der Waals surface area contributed by atoms with E-state index in [1.807, 2.05) is 0 Å². The summed E-state index contributed by atoms with van der Waals surface area (Å²) in [7, 11) is 0. The third-order valence-electron chi connectivity index (χ3n) is 9.64. The average molecular weight is 612 g/mol. The van der Waals surface area contributed by atoms with E-state index in [0.29, 0.717) is 13.2 Å². The number of hydrogen-bond donors (Lipinski definition) is 0. The van der Waals surface area contributed by atoms with Gasteiger partial charge in [-0.25, -0.2) is 0 Å². The number of allylic oxidation sites excluding steroid dienone is 3. The molecule has 0 spiro atoms. The van der Waals surface area contributed by atoms with Crippen LogP contribution in [0.4, 0.5) is 0 Å². The van der Waals surface area contributed by atoms with E-state index < -0.39 is 15.9 Å². The molecule has 6 rings (SSSR count). The number of halogens is 2. The van der Waals surface area contributed by atoms with Gasteiger partial charge in [0.05, 0.1) is 0 Å². The molecule has 187 valence electrons. The molecule has 0 aliphatic heterocycles. The average Bonchev–Trinajstić information content (AvgIpc) is 3.56. The van der Waals surface area contributed by atoms with Gasteiger partial charge in [0.1, 0.15) is 0 Å². The second-order valence-corrected chi connectivity index (χ2v) is 54.3. The molecule has 0 bridgehead atoms. The Morgan fingerprint density at radius 2 is 1.03 bits per heavy atom. The van der Waals surface area contributed by atoms with E-state index >= 15 is 0 Å². The normalized spacial score (nSPS) is 22.6. The van der Waals surface area contributed by atoms with Crippen LogP contribution in [0.2, 0.25) is 13.4 Å². The SMILES string of the molecule is Cl.Cl.[CH3][Zr]([CH3])(=[SiH2])([CH2]CCC1C=Cc2ccccc21)([CH]1C=Cc2ccccc21)[CH]1C=Cc2ccccc21. The molecular formula is C32H37Cl2SiZr. The Hall–Kier alpha value is -1.44. The van der Waals surface area contributed by atoms with Crippen molar-refractivity contribution < 1.29 is 15.9 Å². The van der Waals surface area contributed by atoms with Crippen LogP contribution >= 0.6 is 24.8 Å². The second kappa shape index (κ2) is 9.39. The van der Waals surface area contributed by atoms with Gasteiger partial charge in [0.15, 0.2) is 0 Å². The molecule has 3 atom stereocenters. The first-order valence-electron chi connectivity index (χ1n) is 12.9. The van der Waals surface area contributed by atoms with Crippen LogP contribution in [-0.2, 0) is 15.9 Å². The molecule has 3 aromatic rings. The predicted molar refractivity (Wildman–Crippen MR) is 163 cm³/mol. The molecule has 36 heavy (non-hydrogen) atoms. The Bertz CT molecular complexity index is 1420. The molecule has 0 radical (unpaired) electrons. The first-order chi connectivity index (χ1) is 16.3. The topological polar surface area (TPSA) is 0 Å². The van der Waals surface area contributed by atoms with Crippen LogP contribution in [0.3, 0.4) is 0 Å². The molecule has 3 aliphatic rings. The maximum absolute atomic E-state index is 4.02. The van der Waals surface area contributed by atoms with Gasteiger partial charge in [0.25, 0.3) is 0 Å². The Balaban J connectivity index is 0.00000152. The van der Waals surface area contributed by atoms with Gasteiger partial charge in [-0.15, -0.1) is 24.8 Å². The molecule has 0 heterocycles. The summed E-state index contributed by atoms with van der Waals surface area (Å²) < 4.78 is 8.07. The Morgan fingerprint density at radius 1 is 0.611 bits per heavy atom. The third kappa shape index (κ3) is 4.23. The quantitative estimate of drug-likeness (QED) is 0.244. The summed E-state index contributed by atoms with van der Waals surface area (Å²) in [6.45, 7) is 2.49. The molecule has 3 unspecified atom stereocenters. The van der Waals surface area contributed by atoms with Gasteiger partial charge >= 0.3 is 205 Å². The predicted octanol–water partition coefficient (Wildman–Crippen LogP) is 9.24. The summed E-state index contributed by atoms with van der Waals surface area (Å²) in [5.74, 6) is 0.568. The van der Waals surface area contributed by atoms with Gasteiger partial charge in [-0.1, -0.05) is 0 Å². The van der Waals surface area contributed by atoms with Gasteiger partial charge < -0.3 is 0 Å². The molecule has 3 aliphatic carbocycles. The van der Waals surface area contributed by atoms with E-state index in [9.17, 15) is 0 Å². The summed E-state index contributed by atoms with van der Waals surface area (Å²) in [5.41, 5.74) is 8.95. The van der Waals surface area contributed by atoms with Crippen LogP contribution in [0, 0.1) is 0 Å². The molecule has 3 aromatic carbocycles. The van der Waals surface area contributed by atoms with Crippen molar-refractivity contribution >= 4 is 49.9 Å². The van der Waals surface area contributed by atoms with Gasteiger partial charge in [-0.2, -0.15) is 0 Å². The fraction of sp³-hybridized carbons (Fsp3) is 0.250. The van der Waals surface area contributed by atoms with Gasteiger partial charge in [-0.3, -0.25) is 0 Å². The van der Waals surface area contributed by atoms with Crippen molar-refractivity contribution in [3.05, 3.63) is 124 Å². The Labute approximate surface area is 228 Å². The summed E-state index contributed by atoms with van der Waals surface area (Å²) in [6.07, 6.45) is 17.3. The molecule has 0 aromatic heterocycles. The van der Waals surface area contributed by atoms with Gasteiger partial charge in [0, 0.05) is 0 Å². The van der Waals surface area contributed by atoms with Gasteiger partial charge in [0.2, 0.25) is 0 Å². The maximum atomic E-state index is 2.80. The first kappa shape index (κ1) is 27.6. The summed E-state index contributed by atoms with van der Waals surface area (Å²) in [6, 6.07) is 27.3. The van der Waals surface area contributed by atoms with Crippen LogP contribution in [0.25, 0.3) is 18.2 Å². The monoisotopic (exact) mass is 609 g/mol. The van der Waals surface area contributed by atoms with Crippen molar-refractivity contribution in [3.8, 4) is 0 Å². The third-order valence-corrected chi connectivity index (χ3v) is 37.2. The van der Waals surface area contributed by atoms with Crippen molar-refractivity contribution in [3.63, 3.8) is 0 Å². The molecule has 4 heteroatoms. The number of hydrogen-bond acceptors (Lipinski definition) is 0. The zero-order chi connectivity index (χ0) is 23.5. The van der Waals surface area contributed by atoms with Crippen LogP contribution in [-0.4, -0.2) is 6.88 Å². The number of rotatable bonds is 6. The minimum absolute atomic E-state index is 0. The zero-order valence-electron chi connectivity index (χ0n) is 21.3. The number of benzene rings is 3. The first-order valence-corrected chi connectivity index (χ1v) is 28.3. The summed E-state index contributed by atoms with van der Waals surface area (Å²) in [5, 5.41) is 0. The standard InChI is InChI=1S/C12H13.2C9H7.2CH3.2ClH.H2Si.Zr/c1-2-5-10-8-9-11-6-3-4-7-12(10)11;2*1-2-5-9-7-3-6-8(9)4-1;;;;;;/h3-4,6-10H,1-2,5H2;2*1-7H;2*1H3;2*1H;1H2;. The van der Waals surface area contributed by atoms with Crippen molar-refractivity contribution in [2.75, 3.05) is 0 Å². The van der Waals surface area contributed by atoms with Gasteiger partial charge in [-0.05, 0) is 0 Å². The van der Waals surface area contributed by atoms with Crippen LogP contribution < -0.4 is 0 Å². The van der Waals surface area contributed by atoms with Crippen molar-refractivity contribution in [2.24, 2.45) is 0 Å². The number of fused-ring (bicyclic) bond motifs is 3. The minimum atomic E-state index is -4.02. The fourth-order valence-corrected chi connectivity index (χ4v) is 31.3. The molecule has 0 N–H and O–H groups in total. The van der Waals surface area contributed by atoms with Crippen molar-refractivity contribution in [2.45, 2.75) is 39.4 Å². The second-order valence-electron chi connectivity index (χ2n) is 12.7. The zero-order valence-corrected chi connectivity index (χ0v) is 26.8. The van der Waals surface area contributed by atoms with Crippen molar-refractivity contribution in [1.82, 2.24) is 0 Å². The summed E-state index contributed by atoms with van der Waals surface area (Å²) in [4.78, 5) is 0. The van der Waals surface area contributed by atoms with E-state index in [0.717, 1.165) is 0 Å². The fourth-order valence-electron chi connectivity index (χ4n) is 7.59. The van der Waals surface area contributed by atoms with E-state index in [-0.39, 0.29) is 24.8 Å². The molecule has 0 saturated carbocycles. The van der Waals surface area contributed by atoms with E-state index in [1.165, 1.54) is 39.2 Å². The molecule has 0 amide bonds. The van der Waals surface area contributed by atoms with E-state index in [1.54, 1.807) is 11.1 Å². The van der Waals surface area contributed by atoms with Crippen LogP contribution in [0.1, 0.15) is 59.4 Å². The molecular weight excluding hydrogens is 575 g/mol. The Morgan fingerprint density at radius 3 is 1.56 bits per heavy atom. The molecule has 0 nitrogen and oxygen atoms in total. The van der Waals surface area contributed by atoms with Crippen LogP contribution in [0.5, 0.6) is 0 Å². The van der Waals surface area contributed by atoms with Crippen LogP contribution in [0.15, 0.2) is 91.0 Å².